The normalized spacial score (nSPS) is 12.1. The fraction of sp³-hybridized carbons (Fsp3) is 0.304. The Kier molecular flexibility index (Phi) is 7.36. The Morgan fingerprint density at radius 1 is 1.13 bits per heavy atom. The summed E-state index contributed by atoms with van der Waals surface area (Å²) in [4.78, 5) is 33.8. The first kappa shape index (κ1) is 22.4. The summed E-state index contributed by atoms with van der Waals surface area (Å²) in [5.41, 5.74) is 1.96. The Labute approximate surface area is 185 Å². The number of aromatic nitrogens is 2. The number of alkyl carbamates (subject to hydrolysis) is 1. The maximum absolute atomic E-state index is 12.9. The van der Waals surface area contributed by atoms with E-state index in [0.717, 1.165) is 21.8 Å². The van der Waals surface area contributed by atoms with Crippen molar-refractivity contribution < 1.29 is 14.3 Å². The molecule has 2 amide bonds. The van der Waals surface area contributed by atoms with Crippen LogP contribution in [0, 0.1) is 0 Å². The summed E-state index contributed by atoms with van der Waals surface area (Å²) >= 11 is 1.49. The van der Waals surface area contributed by atoms with Crippen molar-refractivity contribution in [2.45, 2.75) is 45.4 Å². The average molecular weight is 439 g/mol. The highest BCUT2D eigenvalue weighted by molar-refractivity contribution is 7.13. The Balaban J connectivity index is 1.65. The third-order valence-corrected chi connectivity index (χ3v) is 5.13. The van der Waals surface area contributed by atoms with Crippen LogP contribution in [0.5, 0.6) is 0 Å². The van der Waals surface area contributed by atoms with Gasteiger partial charge in [-0.15, -0.1) is 11.3 Å². The summed E-state index contributed by atoms with van der Waals surface area (Å²) in [5.74, 6) is -0.300. The summed E-state index contributed by atoms with van der Waals surface area (Å²) in [6, 6.07) is 12.6. The Hall–Kier alpha value is -3.26. The number of carbonyl (C=O) groups is 2. The fourth-order valence-electron chi connectivity index (χ4n) is 2.82. The second kappa shape index (κ2) is 10.2. The predicted octanol–water partition coefficient (Wildman–Crippen LogP) is 3.96. The zero-order chi connectivity index (χ0) is 22.3. The smallest absolute Gasteiger partial charge is 0.408 e. The van der Waals surface area contributed by atoms with E-state index in [1.807, 2.05) is 47.8 Å². The quantitative estimate of drug-likeness (QED) is 0.582. The monoisotopic (exact) mass is 438 g/mol. The molecule has 7 nitrogen and oxygen atoms in total. The molecule has 2 aromatic heterocycles. The highest BCUT2D eigenvalue weighted by Crippen LogP contribution is 2.22. The summed E-state index contributed by atoms with van der Waals surface area (Å²) in [6.45, 7) is 5.60. The first-order valence-electron chi connectivity index (χ1n) is 9.96. The van der Waals surface area contributed by atoms with Gasteiger partial charge in [-0.25, -0.2) is 9.78 Å². The molecule has 2 N–H and O–H groups in total. The van der Waals surface area contributed by atoms with E-state index in [9.17, 15) is 9.59 Å². The lowest BCUT2D eigenvalue weighted by atomic mass is 10.1. The van der Waals surface area contributed by atoms with Gasteiger partial charge in [0.25, 0.3) is 0 Å². The predicted molar refractivity (Wildman–Crippen MR) is 120 cm³/mol. The van der Waals surface area contributed by atoms with Gasteiger partial charge in [0.05, 0.1) is 12.2 Å². The van der Waals surface area contributed by atoms with Gasteiger partial charge < -0.3 is 15.4 Å². The summed E-state index contributed by atoms with van der Waals surface area (Å²) in [6.07, 6.45) is 3.19. The molecule has 0 radical (unpaired) electrons. The summed E-state index contributed by atoms with van der Waals surface area (Å²) in [7, 11) is 0. The van der Waals surface area contributed by atoms with Crippen molar-refractivity contribution in [1.82, 2.24) is 20.6 Å². The molecule has 0 saturated carbocycles. The number of nitrogens with one attached hydrogen (secondary N) is 2. The van der Waals surface area contributed by atoms with Crippen LogP contribution in [0.3, 0.4) is 0 Å². The number of pyridine rings is 1. The minimum absolute atomic E-state index is 0.261. The van der Waals surface area contributed by atoms with Crippen molar-refractivity contribution in [2.24, 2.45) is 0 Å². The van der Waals surface area contributed by atoms with E-state index in [1.54, 1.807) is 33.2 Å². The molecule has 31 heavy (non-hydrogen) atoms. The number of thiazole rings is 1. The molecule has 162 valence electrons. The molecular weight excluding hydrogens is 412 g/mol. The summed E-state index contributed by atoms with van der Waals surface area (Å²) < 4.78 is 5.32. The molecule has 1 unspecified atom stereocenters. The number of ether oxygens (including phenoxy) is 1. The van der Waals surface area contributed by atoms with Crippen LogP contribution in [0.15, 0.2) is 60.2 Å². The van der Waals surface area contributed by atoms with Crippen LogP contribution in [0.2, 0.25) is 0 Å². The maximum Gasteiger partial charge on any atom is 0.408 e. The second-order valence-corrected chi connectivity index (χ2v) is 8.85. The number of benzene rings is 1. The minimum atomic E-state index is -0.770. The van der Waals surface area contributed by atoms with Gasteiger partial charge in [0.15, 0.2) is 0 Å². The third kappa shape index (κ3) is 7.18. The molecule has 8 heteroatoms. The minimum Gasteiger partial charge on any atom is -0.444 e. The first-order chi connectivity index (χ1) is 14.8. The lowest BCUT2D eigenvalue weighted by Crippen LogP contribution is -2.49. The first-order valence-corrected chi connectivity index (χ1v) is 10.8. The van der Waals surface area contributed by atoms with Gasteiger partial charge in [0.1, 0.15) is 16.7 Å². The van der Waals surface area contributed by atoms with Crippen molar-refractivity contribution in [3.8, 4) is 10.6 Å². The second-order valence-electron chi connectivity index (χ2n) is 7.99. The maximum atomic E-state index is 12.9. The van der Waals surface area contributed by atoms with Crippen molar-refractivity contribution in [3.05, 3.63) is 71.5 Å². The molecule has 1 atom stereocenters. The van der Waals surface area contributed by atoms with E-state index >= 15 is 0 Å². The molecule has 0 aliphatic carbocycles. The Bertz CT molecular complexity index is 1000. The van der Waals surface area contributed by atoms with Gasteiger partial charge in [0.2, 0.25) is 5.91 Å². The number of amides is 2. The molecule has 0 aliphatic rings. The van der Waals surface area contributed by atoms with Crippen molar-refractivity contribution in [1.29, 1.82) is 0 Å². The Morgan fingerprint density at radius 2 is 1.90 bits per heavy atom. The Morgan fingerprint density at radius 3 is 2.58 bits per heavy atom. The van der Waals surface area contributed by atoms with E-state index in [4.69, 9.17) is 4.74 Å². The van der Waals surface area contributed by atoms with Crippen molar-refractivity contribution in [2.75, 3.05) is 0 Å². The number of rotatable bonds is 7. The van der Waals surface area contributed by atoms with Crippen LogP contribution in [0.1, 0.15) is 32.0 Å². The van der Waals surface area contributed by atoms with Gasteiger partial charge in [-0.2, -0.15) is 0 Å². The van der Waals surface area contributed by atoms with Gasteiger partial charge in [-0.3, -0.25) is 9.78 Å². The number of hydrogen-bond donors (Lipinski definition) is 2. The van der Waals surface area contributed by atoms with Crippen LogP contribution in [-0.4, -0.2) is 33.6 Å². The summed E-state index contributed by atoms with van der Waals surface area (Å²) in [5, 5.41) is 8.30. The lowest BCUT2D eigenvalue weighted by molar-refractivity contribution is -0.123. The standard InChI is InChI=1S/C23H26N4O3S/c1-23(2,3)30-22(29)27-19(12-16-8-5-4-6-9-16)20(28)25-14-18-15-31-21(26-18)17-10-7-11-24-13-17/h4-11,13,15,19H,12,14H2,1-3H3,(H,25,28)(H,27,29). The number of carbonyl (C=O) groups excluding carboxylic acids is 2. The zero-order valence-electron chi connectivity index (χ0n) is 17.8. The molecule has 0 spiro atoms. The van der Waals surface area contributed by atoms with E-state index in [0.29, 0.717) is 6.42 Å². The van der Waals surface area contributed by atoms with Gasteiger partial charge >= 0.3 is 6.09 Å². The molecular formula is C23H26N4O3S. The van der Waals surface area contributed by atoms with Crippen molar-refractivity contribution in [3.63, 3.8) is 0 Å². The van der Waals surface area contributed by atoms with E-state index in [1.165, 1.54) is 11.3 Å². The van der Waals surface area contributed by atoms with Crippen LogP contribution >= 0.6 is 11.3 Å². The van der Waals surface area contributed by atoms with Gasteiger partial charge in [0, 0.05) is 29.8 Å². The molecule has 3 rings (SSSR count). The number of nitrogens with zero attached hydrogens (tertiary/aromatic N) is 2. The van der Waals surface area contributed by atoms with E-state index in [-0.39, 0.29) is 12.5 Å². The average Bonchev–Trinajstić information content (AvgIpc) is 3.21. The lowest BCUT2D eigenvalue weighted by Gasteiger charge is -2.23. The highest BCUT2D eigenvalue weighted by Gasteiger charge is 2.24. The van der Waals surface area contributed by atoms with E-state index in [2.05, 4.69) is 20.6 Å². The molecule has 2 heterocycles. The van der Waals surface area contributed by atoms with E-state index < -0.39 is 17.7 Å². The van der Waals surface area contributed by atoms with Crippen LogP contribution in [0.4, 0.5) is 4.79 Å². The largest absolute Gasteiger partial charge is 0.444 e. The van der Waals surface area contributed by atoms with Crippen LogP contribution < -0.4 is 10.6 Å². The SMILES string of the molecule is CC(C)(C)OC(=O)NC(Cc1ccccc1)C(=O)NCc1csc(-c2cccnc2)n1. The topological polar surface area (TPSA) is 93.2 Å². The van der Waals surface area contributed by atoms with Gasteiger partial charge in [-0.1, -0.05) is 30.3 Å². The molecule has 1 aromatic carbocycles. The zero-order valence-corrected chi connectivity index (χ0v) is 18.6. The third-order valence-electron chi connectivity index (χ3n) is 4.19. The number of hydrogen-bond acceptors (Lipinski definition) is 6. The molecule has 0 aliphatic heterocycles. The molecule has 3 aromatic rings. The highest BCUT2D eigenvalue weighted by atomic mass is 32.1. The molecule has 0 bridgehead atoms. The van der Waals surface area contributed by atoms with Crippen LogP contribution in [-0.2, 0) is 22.5 Å². The van der Waals surface area contributed by atoms with Crippen molar-refractivity contribution >= 4 is 23.3 Å². The fourth-order valence-corrected chi connectivity index (χ4v) is 3.63. The van der Waals surface area contributed by atoms with Crippen LogP contribution in [0.25, 0.3) is 10.6 Å². The molecule has 0 saturated heterocycles. The van der Waals surface area contributed by atoms with Gasteiger partial charge in [-0.05, 0) is 38.5 Å². The molecule has 0 fully saturated rings.